The zero-order chi connectivity index (χ0) is 13.1. The second-order valence-corrected chi connectivity index (χ2v) is 4.20. The Balaban J connectivity index is 2.32. The normalized spacial score (nSPS) is 10.1. The van der Waals surface area contributed by atoms with Crippen LogP contribution in [0.25, 0.3) is 5.69 Å². The maximum absolute atomic E-state index is 11.6. The van der Waals surface area contributed by atoms with Gasteiger partial charge in [-0.1, -0.05) is 15.9 Å². The van der Waals surface area contributed by atoms with E-state index in [1.54, 1.807) is 24.3 Å². The lowest BCUT2D eigenvalue weighted by molar-refractivity contribution is 0.186. The van der Waals surface area contributed by atoms with Gasteiger partial charge < -0.3 is 4.74 Å². The minimum atomic E-state index is -0.702. The summed E-state index contributed by atoms with van der Waals surface area (Å²) in [5, 5.41) is 6.20. The molecule has 0 fully saturated rings. The molecule has 2 rings (SSSR count). The highest BCUT2D eigenvalue weighted by Crippen LogP contribution is 2.12. The molecule has 0 spiro atoms. The fourth-order valence-corrected chi connectivity index (χ4v) is 1.55. The molecule has 0 atom stereocenters. The molecule has 1 aromatic carbocycles. The number of carbonyl (C=O) groups is 1. The van der Waals surface area contributed by atoms with Gasteiger partial charge in [0.15, 0.2) is 0 Å². The summed E-state index contributed by atoms with van der Waals surface area (Å²) < 4.78 is 6.43. The largest absolute Gasteiger partial charge is 0.453 e. The Hall–Kier alpha value is -2.09. The Bertz CT molecular complexity index is 617. The summed E-state index contributed by atoms with van der Waals surface area (Å²) in [5.41, 5.74) is 0.126. The third-order valence-electron chi connectivity index (χ3n) is 2.09. The molecular weight excluding hydrogens is 304 g/mol. The highest BCUT2D eigenvalue weighted by atomic mass is 79.9. The maximum Gasteiger partial charge on any atom is 0.413 e. The number of benzene rings is 1. The van der Waals surface area contributed by atoms with Crippen LogP contribution in [0, 0.1) is 0 Å². The predicted molar refractivity (Wildman–Crippen MR) is 67.9 cm³/mol. The van der Waals surface area contributed by atoms with Crippen LogP contribution < -0.4 is 11.0 Å². The minimum absolute atomic E-state index is 0.0229. The van der Waals surface area contributed by atoms with Crippen LogP contribution in [0.5, 0.6) is 0 Å². The van der Waals surface area contributed by atoms with E-state index in [9.17, 15) is 9.59 Å². The lowest BCUT2D eigenvalue weighted by atomic mass is 10.3. The molecule has 1 aromatic heterocycles. The SMILES string of the molecule is COC(=O)Nc1nn(-c2ccc(Br)cc2)c(=O)[nH]1. The smallest absolute Gasteiger partial charge is 0.413 e. The van der Waals surface area contributed by atoms with Crippen molar-refractivity contribution in [2.75, 3.05) is 12.4 Å². The van der Waals surface area contributed by atoms with Crippen molar-refractivity contribution in [3.8, 4) is 5.69 Å². The average molecular weight is 313 g/mol. The Labute approximate surface area is 110 Å². The van der Waals surface area contributed by atoms with Crippen LogP contribution in [0.1, 0.15) is 0 Å². The molecule has 0 aliphatic carbocycles. The molecule has 0 saturated carbocycles. The number of nitrogens with one attached hydrogen (secondary N) is 2. The lowest BCUT2D eigenvalue weighted by Gasteiger charge is -1.99. The molecule has 8 heteroatoms. The number of hydrogen-bond acceptors (Lipinski definition) is 4. The number of aromatic amines is 1. The number of hydrogen-bond donors (Lipinski definition) is 2. The molecule has 94 valence electrons. The average Bonchev–Trinajstić information content (AvgIpc) is 2.71. The number of H-pyrrole nitrogens is 1. The van der Waals surface area contributed by atoms with Crippen LogP contribution in [-0.4, -0.2) is 28.0 Å². The number of carbonyl (C=O) groups excluding carboxylic acids is 1. The van der Waals surface area contributed by atoms with Gasteiger partial charge in [-0.15, -0.1) is 5.10 Å². The topological polar surface area (TPSA) is 89.0 Å². The second kappa shape index (κ2) is 5.05. The third kappa shape index (κ3) is 2.59. The summed E-state index contributed by atoms with van der Waals surface area (Å²) in [6.07, 6.45) is -0.702. The van der Waals surface area contributed by atoms with Crippen molar-refractivity contribution in [1.29, 1.82) is 0 Å². The van der Waals surface area contributed by atoms with E-state index in [0.717, 1.165) is 9.15 Å². The fraction of sp³-hybridized carbons (Fsp3) is 0.100. The van der Waals surface area contributed by atoms with Crippen molar-refractivity contribution < 1.29 is 9.53 Å². The molecule has 18 heavy (non-hydrogen) atoms. The van der Waals surface area contributed by atoms with E-state index in [1.165, 1.54) is 7.11 Å². The summed E-state index contributed by atoms with van der Waals surface area (Å²) in [6, 6.07) is 7.00. The molecule has 7 nitrogen and oxygen atoms in total. The van der Waals surface area contributed by atoms with Crippen LogP contribution in [0.15, 0.2) is 33.5 Å². The zero-order valence-corrected chi connectivity index (χ0v) is 10.9. The van der Waals surface area contributed by atoms with E-state index in [2.05, 4.69) is 36.1 Å². The first kappa shape index (κ1) is 12.4. The number of anilines is 1. The quantitative estimate of drug-likeness (QED) is 0.879. The number of methoxy groups -OCH3 is 1. The third-order valence-corrected chi connectivity index (χ3v) is 2.62. The van der Waals surface area contributed by atoms with Crippen molar-refractivity contribution in [3.63, 3.8) is 0 Å². The van der Waals surface area contributed by atoms with Crippen LogP contribution in [0.2, 0.25) is 0 Å². The van der Waals surface area contributed by atoms with Crippen molar-refractivity contribution in [2.45, 2.75) is 0 Å². The van der Waals surface area contributed by atoms with Crippen molar-refractivity contribution in [2.24, 2.45) is 0 Å². The van der Waals surface area contributed by atoms with Gasteiger partial charge in [-0.3, -0.25) is 10.3 Å². The van der Waals surface area contributed by atoms with E-state index in [1.807, 2.05) is 0 Å². The summed E-state index contributed by atoms with van der Waals surface area (Å²) >= 11 is 3.29. The number of halogens is 1. The van der Waals surface area contributed by atoms with Gasteiger partial charge in [-0.25, -0.2) is 9.59 Å². The monoisotopic (exact) mass is 312 g/mol. The standard InChI is InChI=1S/C10H9BrN4O3/c1-18-10(17)13-8-12-9(16)15(14-8)7-4-2-6(11)3-5-7/h2-5H,1H3,(H2,12,13,14,16,17). The number of amides is 1. The minimum Gasteiger partial charge on any atom is -0.453 e. The van der Waals surface area contributed by atoms with Gasteiger partial charge in [-0.05, 0) is 24.3 Å². The Morgan fingerprint density at radius 2 is 2.11 bits per heavy atom. The molecular formula is C10H9BrN4O3. The predicted octanol–water partition coefficient (Wildman–Crippen LogP) is 1.50. The summed E-state index contributed by atoms with van der Waals surface area (Å²) in [4.78, 5) is 25.0. The first-order valence-corrected chi connectivity index (χ1v) is 5.69. The van der Waals surface area contributed by atoms with Gasteiger partial charge in [0.1, 0.15) is 0 Å². The molecule has 0 radical (unpaired) electrons. The summed E-state index contributed by atoms with van der Waals surface area (Å²) in [7, 11) is 1.22. The van der Waals surface area contributed by atoms with Gasteiger partial charge in [0.25, 0.3) is 0 Å². The highest BCUT2D eigenvalue weighted by molar-refractivity contribution is 9.10. The lowest BCUT2D eigenvalue weighted by Crippen LogP contribution is -2.15. The molecule has 1 amide bonds. The number of rotatable bonds is 2. The summed E-state index contributed by atoms with van der Waals surface area (Å²) in [5.74, 6) is 0.0229. The molecule has 0 aliphatic heterocycles. The molecule has 0 saturated heterocycles. The van der Waals surface area contributed by atoms with Crippen LogP contribution >= 0.6 is 15.9 Å². The molecule has 2 aromatic rings. The maximum atomic E-state index is 11.6. The van der Waals surface area contributed by atoms with E-state index >= 15 is 0 Å². The van der Waals surface area contributed by atoms with E-state index in [0.29, 0.717) is 5.69 Å². The second-order valence-electron chi connectivity index (χ2n) is 3.28. The van der Waals surface area contributed by atoms with Crippen LogP contribution in [0.4, 0.5) is 10.7 Å². The first-order chi connectivity index (χ1) is 8.60. The van der Waals surface area contributed by atoms with E-state index in [-0.39, 0.29) is 5.95 Å². The van der Waals surface area contributed by atoms with Crippen LogP contribution in [0.3, 0.4) is 0 Å². The Morgan fingerprint density at radius 3 is 2.72 bits per heavy atom. The molecule has 0 bridgehead atoms. The van der Waals surface area contributed by atoms with Gasteiger partial charge in [0.05, 0.1) is 12.8 Å². The fourth-order valence-electron chi connectivity index (χ4n) is 1.29. The van der Waals surface area contributed by atoms with Gasteiger partial charge >= 0.3 is 11.8 Å². The van der Waals surface area contributed by atoms with Crippen LogP contribution in [-0.2, 0) is 4.74 Å². The first-order valence-electron chi connectivity index (χ1n) is 4.90. The number of aromatic nitrogens is 3. The highest BCUT2D eigenvalue weighted by Gasteiger charge is 2.09. The Kier molecular flexibility index (Phi) is 3.47. The van der Waals surface area contributed by atoms with Crippen molar-refractivity contribution >= 4 is 28.0 Å². The van der Waals surface area contributed by atoms with Crippen molar-refractivity contribution in [3.05, 3.63) is 39.2 Å². The number of nitrogens with zero attached hydrogens (tertiary/aromatic N) is 2. The van der Waals surface area contributed by atoms with Gasteiger partial charge in [0.2, 0.25) is 5.95 Å². The van der Waals surface area contributed by atoms with Crippen molar-refractivity contribution in [1.82, 2.24) is 14.8 Å². The Morgan fingerprint density at radius 1 is 1.44 bits per heavy atom. The molecule has 1 heterocycles. The molecule has 0 aliphatic rings. The zero-order valence-electron chi connectivity index (χ0n) is 9.31. The summed E-state index contributed by atoms with van der Waals surface area (Å²) in [6.45, 7) is 0. The van der Waals surface area contributed by atoms with Gasteiger partial charge in [0, 0.05) is 4.47 Å². The van der Waals surface area contributed by atoms with Gasteiger partial charge in [-0.2, -0.15) is 4.68 Å². The molecule has 0 unspecified atom stereocenters. The number of ether oxygens (including phenoxy) is 1. The molecule has 2 N–H and O–H groups in total. The van der Waals surface area contributed by atoms with E-state index < -0.39 is 11.8 Å². The van der Waals surface area contributed by atoms with E-state index in [4.69, 9.17) is 0 Å².